The number of rotatable bonds is 8. The standard InChI is InChI=1S/C36H28O10/c1-22-31-20-27(43-33(37)18-8-23-4-10-25(11-5-23)45-35(39)41-2)14-16-29(31)30-17-15-28(21-32(22)30)44-34(38)19-9-24-6-12-26(13-7-24)46-36(40)42-3/h4-22H,1-3H3. The summed E-state index contributed by atoms with van der Waals surface area (Å²) in [6, 6.07) is 24.0. The van der Waals surface area contributed by atoms with Gasteiger partial charge < -0.3 is 28.4 Å². The van der Waals surface area contributed by atoms with E-state index in [2.05, 4.69) is 9.47 Å². The lowest BCUT2D eigenvalue weighted by Gasteiger charge is -2.09. The molecule has 0 spiro atoms. The van der Waals surface area contributed by atoms with Crippen LogP contribution in [0.3, 0.4) is 0 Å². The molecule has 1 aliphatic rings. The van der Waals surface area contributed by atoms with E-state index in [-0.39, 0.29) is 5.92 Å². The van der Waals surface area contributed by atoms with Crippen LogP contribution in [-0.2, 0) is 19.1 Å². The van der Waals surface area contributed by atoms with Crippen molar-refractivity contribution < 1.29 is 47.6 Å². The first-order valence-corrected chi connectivity index (χ1v) is 14.0. The first-order valence-electron chi connectivity index (χ1n) is 14.0. The van der Waals surface area contributed by atoms with Crippen molar-refractivity contribution in [1.82, 2.24) is 0 Å². The Kier molecular flexibility index (Phi) is 9.57. The van der Waals surface area contributed by atoms with E-state index in [1.165, 1.54) is 26.4 Å². The number of carbonyl (C=O) groups excluding carboxylic acids is 4. The lowest BCUT2D eigenvalue weighted by atomic mass is 9.99. The Hall–Kier alpha value is -6.16. The lowest BCUT2D eigenvalue weighted by Crippen LogP contribution is -2.07. The maximum Gasteiger partial charge on any atom is 0.513 e. The number of benzene rings is 4. The van der Waals surface area contributed by atoms with Crippen LogP contribution < -0.4 is 18.9 Å². The number of fused-ring (bicyclic) bond motifs is 3. The van der Waals surface area contributed by atoms with Crippen molar-refractivity contribution in [3.63, 3.8) is 0 Å². The lowest BCUT2D eigenvalue weighted by molar-refractivity contribution is -0.129. The highest BCUT2D eigenvalue weighted by Crippen LogP contribution is 2.47. The predicted octanol–water partition coefficient (Wildman–Crippen LogP) is 7.35. The zero-order valence-electron chi connectivity index (χ0n) is 25.1. The molecule has 10 nitrogen and oxygen atoms in total. The van der Waals surface area contributed by atoms with E-state index in [1.807, 2.05) is 31.2 Å². The fourth-order valence-electron chi connectivity index (χ4n) is 4.78. The van der Waals surface area contributed by atoms with E-state index in [0.29, 0.717) is 34.1 Å². The van der Waals surface area contributed by atoms with Gasteiger partial charge in [-0.15, -0.1) is 0 Å². The maximum absolute atomic E-state index is 12.5. The van der Waals surface area contributed by atoms with E-state index in [9.17, 15) is 19.2 Å². The van der Waals surface area contributed by atoms with Gasteiger partial charge in [-0.1, -0.05) is 43.3 Å². The minimum atomic E-state index is -0.818. The van der Waals surface area contributed by atoms with E-state index >= 15 is 0 Å². The minimum Gasteiger partial charge on any atom is -0.437 e. The summed E-state index contributed by atoms with van der Waals surface area (Å²) in [5.74, 6) is 0.292. The zero-order valence-corrected chi connectivity index (χ0v) is 25.1. The van der Waals surface area contributed by atoms with Crippen molar-refractivity contribution in [3.05, 3.63) is 119 Å². The fraction of sp³-hybridized carbons (Fsp3) is 0.111. The smallest absolute Gasteiger partial charge is 0.437 e. The molecule has 0 atom stereocenters. The molecule has 232 valence electrons. The molecule has 0 aromatic heterocycles. The highest BCUT2D eigenvalue weighted by Gasteiger charge is 2.27. The molecule has 0 aliphatic heterocycles. The van der Waals surface area contributed by atoms with E-state index in [4.69, 9.17) is 18.9 Å². The number of esters is 2. The third-order valence-corrected chi connectivity index (χ3v) is 7.03. The molecule has 4 aromatic carbocycles. The van der Waals surface area contributed by atoms with Crippen molar-refractivity contribution in [3.8, 4) is 34.1 Å². The highest BCUT2D eigenvalue weighted by atomic mass is 16.7. The summed E-state index contributed by atoms with van der Waals surface area (Å²) in [5, 5.41) is 0. The van der Waals surface area contributed by atoms with Gasteiger partial charge in [0.1, 0.15) is 23.0 Å². The second-order valence-corrected chi connectivity index (χ2v) is 9.98. The van der Waals surface area contributed by atoms with Crippen molar-refractivity contribution >= 4 is 36.4 Å². The zero-order chi connectivity index (χ0) is 32.6. The number of hydrogen-bond acceptors (Lipinski definition) is 10. The topological polar surface area (TPSA) is 124 Å². The molecule has 0 amide bonds. The molecule has 1 aliphatic carbocycles. The normalized spacial score (nSPS) is 13.1. The van der Waals surface area contributed by atoms with Crippen LogP contribution in [0.4, 0.5) is 9.59 Å². The molecule has 5 rings (SSSR count). The molecule has 0 bridgehead atoms. The summed E-state index contributed by atoms with van der Waals surface area (Å²) in [4.78, 5) is 47.5. The summed E-state index contributed by atoms with van der Waals surface area (Å²) in [7, 11) is 2.44. The first-order chi connectivity index (χ1) is 22.2. The van der Waals surface area contributed by atoms with Crippen LogP contribution in [0.2, 0.25) is 0 Å². The molecule has 0 fully saturated rings. The van der Waals surface area contributed by atoms with Gasteiger partial charge in [0, 0.05) is 18.1 Å². The molecular formula is C36H28O10. The average molecular weight is 621 g/mol. The molecule has 0 N–H and O–H groups in total. The van der Waals surface area contributed by atoms with Crippen LogP contribution in [-0.4, -0.2) is 38.5 Å². The molecule has 10 heteroatoms. The summed E-state index contributed by atoms with van der Waals surface area (Å²) in [6.07, 6.45) is 4.17. The largest absolute Gasteiger partial charge is 0.513 e. The predicted molar refractivity (Wildman–Crippen MR) is 168 cm³/mol. The molecule has 0 radical (unpaired) electrons. The summed E-state index contributed by atoms with van der Waals surface area (Å²) >= 11 is 0. The second kappa shape index (κ2) is 14.1. The monoisotopic (exact) mass is 620 g/mol. The van der Waals surface area contributed by atoms with Crippen molar-refractivity contribution in [2.24, 2.45) is 0 Å². The van der Waals surface area contributed by atoms with Gasteiger partial charge in [0.15, 0.2) is 0 Å². The van der Waals surface area contributed by atoms with E-state index in [0.717, 1.165) is 22.3 Å². The minimum absolute atomic E-state index is 0.0372. The van der Waals surface area contributed by atoms with Gasteiger partial charge in [-0.3, -0.25) is 0 Å². The quantitative estimate of drug-likeness (QED) is 0.0855. The molecule has 46 heavy (non-hydrogen) atoms. The number of hydrogen-bond donors (Lipinski definition) is 0. The highest BCUT2D eigenvalue weighted by molar-refractivity contribution is 5.90. The van der Waals surface area contributed by atoms with E-state index < -0.39 is 24.2 Å². The third kappa shape index (κ3) is 7.67. The Morgan fingerprint density at radius 1 is 0.522 bits per heavy atom. The summed E-state index contributed by atoms with van der Waals surface area (Å²) < 4.78 is 29.9. The van der Waals surface area contributed by atoms with Gasteiger partial charge in [0.05, 0.1) is 14.2 Å². The first kappa shape index (κ1) is 31.3. The van der Waals surface area contributed by atoms with Gasteiger partial charge >= 0.3 is 24.2 Å². The van der Waals surface area contributed by atoms with Crippen LogP contribution >= 0.6 is 0 Å². The SMILES string of the molecule is COC(=O)Oc1ccc(C=CC(=O)Oc2ccc3c(c2)C(C)c2cc(OC(=O)C=Cc4ccc(OC(=O)OC)cc4)ccc2-3)cc1. The third-order valence-electron chi connectivity index (χ3n) is 7.03. The molecular weight excluding hydrogens is 592 g/mol. The Bertz CT molecular complexity index is 1700. The Balaban J connectivity index is 1.18. The average Bonchev–Trinajstić information content (AvgIpc) is 3.34. The van der Waals surface area contributed by atoms with Crippen LogP contribution in [0.1, 0.15) is 35.1 Å². The van der Waals surface area contributed by atoms with Crippen LogP contribution in [0.15, 0.2) is 97.1 Å². The number of carbonyl (C=O) groups is 4. The van der Waals surface area contributed by atoms with Crippen molar-refractivity contribution in [1.29, 1.82) is 0 Å². The summed E-state index contributed by atoms with van der Waals surface area (Å²) in [6.45, 7) is 2.03. The number of methoxy groups -OCH3 is 2. The van der Waals surface area contributed by atoms with Crippen molar-refractivity contribution in [2.75, 3.05) is 14.2 Å². The van der Waals surface area contributed by atoms with Crippen LogP contribution in [0.25, 0.3) is 23.3 Å². The molecule has 0 heterocycles. The number of ether oxygens (including phenoxy) is 6. The van der Waals surface area contributed by atoms with Crippen molar-refractivity contribution in [2.45, 2.75) is 12.8 Å². The maximum atomic E-state index is 12.5. The van der Waals surface area contributed by atoms with Gasteiger partial charge in [-0.25, -0.2) is 19.2 Å². The Labute approximate surface area is 264 Å². The Morgan fingerprint density at radius 3 is 1.26 bits per heavy atom. The van der Waals surface area contributed by atoms with Crippen LogP contribution in [0.5, 0.6) is 23.0 Å². The molecule has 0 saturated heterocycles. The van der Waals surface area contributed by atoms with E-state index in [1.54, 1.807) is 72.8 Å². The van der Waals surface area contributed by atoms with Gasteiger partial charge in [-0.2, -0.15) is 0 Å². The second-order valence-electron chi connectivity index (χ2n) is 9.98. The van der Waals surface area contributed by atoms with Gasteiger partial charge in [-0.05, 0) is 94.1 Å². The molecule has 0 saturated carbocycles. The van der Waals surface area contributed by atoms with Crippen LogP contribution in [0, 0.1) is 0 Å². The fourth-order valence-corrected chi connectivity index (χ4v) is 4.78. The van der Waals surface area contributed by atoms with Gasteiger partial charge in [0.25, 0.3) is 0 Å². The Morgan fingerprint density at radius 2 is 0.891 bits per heavy atom. The molecule has 0 unspecified atom stereocenters. The summed E-state index contributed by atoms with van der Waals surface area (Å²) in [5.41, 5.74) is 5.39. The van der Waals surface area contributed by atoms with Gasteiger partial charge in [0.2, 0.25) is 0 Å². The molecule has 4 aromatic rings.